The highest BCUT2D eigenvalue weighted by atomic mass is 16.3. The van der Waals surface area contributed by atoms with Crippen LogP contribution in [0.4, 0.5) is 0 Å². The van der Waals surface area contributed by atoms with Crippen molar-refractivity contribution < 1.29 is 14.7 Å². The van der Waals surface area contributed by atoms with Gasteiger partial charge in [0.1, 0.15) is 5.69 Å². The fraction of sp³-hybridized carbons (Fsp3) is 0.389. The summed E-state index contributed by atoms with van der Waals surface area (Å²) < 4.78 is 1.55. The van der Waals surface area contributed by atoms with Gasteiger partial charge in [-0.25, -0.2) is 0 Å². The van der Waals surface area contributed by atoms with Crippen LogP contribution >= 0.6 is 0 Å². The maximum Gasteiger partial charge on any atom is 0.254 e. The van der Waals surface area contributed by atoms with Crippen molar-refractivity contribution in [1.82, 2.24) is 14.7 Å². The highest BCUT2D eigenvalue weighted by molar-refractivity contribution is 6.00. The summed E-state index contributed by atoms with van der Waals surface area (Å²) in [6, 6.07) is 7.13. The van der Waals surface area contributed by atoms with E-state index in [4.69, 9.17) is 0 Å². The summed E-state index contributed by atoms with van der Waals surface area (Å²) in [5, 5.41) is 13.6. The van der Waals surface area contributed by atoms with Crippen LogP contribution < -0.4 is 0 Å². The predicted octanol–water partition coefficient (Wildman–Crippen LogP) is 1.89. The fourth-order valence-corrected chi connectivity index (χ4v) is 3.34. The van der Waals surface area contributed by atoms with E-state index in [-0.39, 0.29) is 24.3 Å². The molecule has 0 saturated carbocycles. The molecule has 1 aromatic heterocycles. The smallest absolute Gasteiger partial charge is 0.254 e. The van der Waals surface area contributed by atoms with Crippen LogP contribution in [0.5, 0.6) is 0 Å². The van der Waals surface area contributed by atoms with Crippen molar-refractivity contribution in [2.24, 2.45) is 7.05 Å². The maximum atomic E-state index is 12.8. The molecule has 3 rings (SSSR count). The lowest BCUT2D eigenvalue weighted by Gasteiger charge is -2.23. The molecule has 126 valence electrons. The minimum Gasteiger partial charge on any atom is -0.394 e. The summed E-state index contributed by atoms with van der Waals surface area (Å²) in [7, 11) is 1.73. The normalized spacial score (nSPS) is 17.3. The number of Topliss-reactive ketones (excluding diaryl/α,β-unsaturated/α-hetero) is 1. The number of aromatic nitrogens is 2. The van der Waals surface area contributed by atoms with Gasteiger partial charge in [0.25, 0.3) is 5.91 Å². The van der Waals surface area contributed by atoms with Gasteiger partial charge in [-0.05, 0) is 30.5 Å². The highest BCUT2D eigenvalue weighted by Crippen LogP contribution is 2.26. The van der Waals surface area contributed by atoms with Crippen LogP contribution in [0.25, 0.3) is 11.1 Å². The molecule has 1 aromatic carbocycles. The molecule has 1 fully saturated rings. The Balaban J connectivity index is 1.96. The third-order valence-corrected chi connectivity index (χ3v) is 4.54. The van der Waals surface area contributed by atoms with E-state index in [1.165, 1.54) is 6.92 Å². The first-order chi connectivity index (χ1) is 11.5. The summed E-state index contributed by atoms with van der Waals surface area (Å²) in [5.41, 5.74) is 2.60. The predicted molar refractivity (Wildman–Crippen MR) is 89.8 cm³/mol. The Morgan fingerprint density at radius 1 is 1.38 bits per heavy atom. The van der Waals surface area contributed by atoms with Gasteiger partial charge in [-0.2, -0.15) is 5.10 Å². The number of amides is 1. The first kappa shape index (κ1) is 16.4. The molecule has 6 nitrogen and oxygen atoms in total. The van der Waals surface area contributed by atoms with Crippen molar-refractivity contribution >= 4 is 11.7 Å². The zero-order valence-corrected chi connectivity index (χ0v) is 13.9. The second-order valence-corrected chi connectivity index (χ2v) is 6.14. The summed E-state index contributed by atoms with van der Waals surface area (Å²) >= 11 is 0. The molecule has 0 aliphatic carbocycles. The van der Waals surface area contributed by atoms with Crippen LogP contribution in [0.15, 0.2) is 30.5 Å². The van der Waals surface area contributed by atoms with Gasteiger partial charge in [0.05, 0.1) is 18.8 Å². The molecular formula is C18H21N3O3. The van der Waals surface area contributed by atoms with E-state index < -0.39 is 0 Å². The van der Waals surface area contributed by atoms with E-state index in [2.05, 4.69) is 5.10 Å². The van der Waals surface area contributed by atoms with Gasteiger partial charge in [-0.1, -0.05) is 12.1 Å². The number of carbonyl (C=O) groups is 2. The number of hydrogen-bond donors (Lipinski definition) is 1. The van der Waals surface area contributed by atoms with Crippen molar-refractivity contribution in [2.75, 3.05) is 13.2 Å². The molecule has 0 radical (unpaired) electrons. The summed E-state index contributed by atoms with van der Waals surface area (Å²) in [6.45, 7) is 2.16. The Morgan fingerprint density at radius 3 is 2.88 bits per heavy atom. The number of benzene rings is 1. The van der Waals surface area contributed by atoms with Gasteiger partial charge < -0.3 is 10.0 Å². The summed E-state index contributed by atoms with van der Waals surface area (Å²) in [6.07, 6.45) is 3.39. The van der Waals surface area contributed by atoms with Gasteiger partial charge in [-0.3, -0.25) is 14.3 Å². The number of aliphatic hydroxyl groups excluding tert-OH is 1. The van der Waals surface area contributed by atoms with Crippen LogP contribution in [0, 0.1) is 0 Å². The first-order valence-corrected chi connectivity index (χ1v) is 8.08. The molecule has 2 heterocycles. The molecule has 24 heavy (non-hydrogen) atoms. The van der Waals surface area contributed by atoms with Crippen molar-refractivity contribution in [2.45, 2.75) is 25.8 Å². The second kappa shape index (κ2) is 6.57. The Morgan fingerprint density at radius 2 is 2.17 bits per heavy atom. The average molecular weight is 327 g/mol. The summed E-state index contributed by atoms with van der Waals surface area (Å²) in [4.78, 5) is 26.3. The Kier molecular flexibility index (Phi) is 4.49. The quantitative estimate of drug-likeness (QED) is 0.870. The fourth-order valence-electron chi connectivity index (χ4n) is 3.34. The van der Waals surface area contributed by atoms with E-state index in [9.17, 15) is 14.7 Å². The lowest BCUT2D eigenvalue weighted by molar-refractivity contribution is 0.0677. The zero-order chi connectivity index (χ0) is 17.3. The highest BCUT2D eigenvalue weighted by Gasteiger charge is 2.29. The number of aliphatic hydroxyl groups is 1. The number of nitrogens with zero attached hydrogens (tertiary/aromatic N) is 3. The average Bonchev–Trinajstić information content (AvgIpc) is 3.20. The number of rotatable bonds is 4. The Bertz CT molecular complexity index is 782. The molecule has 1 saturated heterocycles. The minimum atomic E-state index is -0.104. The van der Waals surface area contributed by atoms with Crippen molar-refractivity contribution in [3.05, 3.63) is 41.7 Å². The number of carbonyl (C=O) groups excluding carboxylic acids is 2. The van der Waals surface area contributed by atoms with Gasteiger partial charge in [0.15, 0.2) is 5.78 Å². The number of ketones is 1. The number of aryl methyl sites for hydroxylation is 1. The molecule has 6 heteroatoms. The van der Waals surface area contributed by atoms with Gasteiger partial charge in [0.2, 0.25) is 0 Å². The van der Waals surface area contributed by atoms with E-state index in [0.717, 1.165) is 24.0 Å². The Hall–Kier alpha value is -2.47. The monoisotopic (exact) mass is 327 g/mol. The van der Waals surface area contributed by atoms with E-state index >= 15 is 0 Å². The number of likely N-dealkylation sites (tertiary alicyclic amines) is 1. The first-order valence-electron chi connectivity index (χ1n) is 8.08. The van der Waals surface area contributed by atoms with Crippen LogP contribution in [-0.4, -0.2) is 50.7 Å². The van der Waals surface area contributed by atoms with Crippen LogP contribution in [0.1, 0.15) is 40.6 Å². The van der Waals surface area contributed by atoms with Gasteiger partial charge in [0, 0.05) is 31.6 Å². The van der Waals surface area contributed by atoms with E-state index in [0.29, 0.717) is 17.8 Å². The molecule has 0 bridgehead atoms. The molecule has 1 aliphatic heterocycles. The Labute approximate surface area is 140 Å². The molecule has 0 unspecified atom stereocenters. The van der Waals surface area contributed by atoms with E-state index in [1.807, 2.05) is 12.1 Å². The molecule has 1 amide bonds. The maximum absolute atomic E-state index is 12.8. The molecule has 1 aliphatic rings. The van der Waals surface area contributed by atoms with E-state index in [1.54, 1.807) is 35.0 Å². The SMILES string of the molecule is CC(=O)c1c(-c2cccc(C(=O)N3CCC[C@H]3CO)c2)cnn1C. The lowest BCUT2D eigenvalue weighted by Crippen LogP contribution is -2.37. The standard InChI is InChI=1S/C18H21N3O3/c1-12(23)17-16(10-19-20(17)2)13-5-3-6-14(9-13)18(24)21-8-4-7-15(21)11-22/h3,5-6,9-10,15,22H,4,7-8,11H2,1-2H3/t15-/m0/s1. The molecule has 0 spiro atoms. The lowest BCUT2D eigenvalue weighted by atomic mass is 10.0. The van der Waals surface area contributed by atoms with Crippen LogP contribution in [0.3, 0.4) is 0 Å². The third kappa shape index (κ3) is 2.85. The minimum absolute atomic E-state index is 0.0114. The van der Waals surface area contributed by atoms with Gasteiger partial charge in [-0.15, -0.1) is 0 Å². The molecule has 2 aromatic rings. The van der Waals surface area contributed by atoms with Crippen molar-refractivity contribution in [1.29, 1.82) is 0 Å². The third-order valence-electron chi connectivity index (χ3n) is 4.54. The zero-order valence-electron chi connectivity index (χ0n) is 13.9. The number of hydrogen-bond acceptors (Lipinski definition) is 4. The second-order valence-electron chi connectivity index (χ2n) is 6.14. The van der Waals surface area contributed by atoms with Crippen molar-refractivity contribution in [3.8, 4) is 11.1 Å². The van der Waals surface area contributed by atoms with Crippen molar-refractivity contribution in [3.63, 3.8) is 0 Å². The van der Waals surface area contributed by atoms with Gasteiger partial charge >= 0.3 is 0 Å². The molecule has 1 N–H and O–H groups in total. The topological polar surface area (TPSA) is 75.4 Å². The summed E-state index contributed by atoms with van der Waals surface area (Å²) in [5.74, 6) is -0.150. The van der Waals surface area contributed by atoms with Crippen LogP contribution in [0.2, 0.25) is 0 Å². The molecule has 1 atom stereocenters. The largest absolute Gasteiger partial charge is 0.394 e. The van der Waals surface area contributed by atoms with Crippen LogP contribution in [-0.2, 0) is 7.05 Å². The molecular weight excluding hydrogens is 306 g/mol.